The van der Waals surface area contributed by atoms with Gasteiger partial charge in [0.2, 0.25) is 0 Å². The maximum absolute atomic E-state index is 12.0. The molecule has 2 aromatic rings. The van der Waals surface area contributed by atoms with Crippen molar-refractivity contribution < 1.29 is 8.42 Å². The number of rotatable bonds is 4. The lowest BCUT2D eigenvalue weighted by molar-refractivity contribution is 0.601. The predicted octanol–water partition coefficient (Wildman–Crippen LogP) is 0.859. The number of H-pyrrole nitrogens is 1. The molecule has 0 atom stereocenters. The SMILES string of the molecule is CN(C)c1ccc(NS(=O)(=O)c2cn[nH]c2N)cc1. The normalized spacial score (nSPS) is 11.3. The first kappa shape index (κ1) is 13.2. The molecule has 19 heavy (non-hydrogen) atoms. The molecule has 0 aliphatic carbocycles. The standard InChI is InChI=1S/C11H15N5O2S/c1-16(2)9-5-3-8(4-6-9)15-19(17,18)10-7-13-14-11(10)12/h3-7,15H,1-2H3,(H3,12,13,14). The Balaban J connectivity index is 2.24. The van der Waals surface area contributed by atoms with Crippen LogP contribution < -0.4 is 15.4 Å². The van der Waals surface area contributed by atoms with Crippen LogP contribution in [0.15, 0.2) is 35.4 Å². The molecule has 0 aliphatic heterocycles. The van der Waals surface area contributed by atoms with Crippen molar-refractivity contribution in [2.24, 2.45) is 0 Å². The lowest BCUT2D eigenvalue weighted by Gasteiger charge is -2.13. The highest BCUT2D eigenvalue weighted by molar-refractivity contribution is 7.92. The number of sulfonamides is 1. The minimum absolute atomic E-state index is 0.0115. The fourth-order valence-electron chi connectivity index (χ4n) is 1.54. The molecule has 2 rings (SSSR count). The number of nitrogen functional groups attached to an aromatic ring is 1. The summed E-state index contributed by atoms with van der Waals surface area (Å²) in [5, 5.41) is 5.98. The van der Waals surface area contributed by atoms with Crippen LogP contribution in [0, 0.1) is 0 Å². The van der Waals surface area contributed by atoms with Crippen molar-refractivity contribution in [2.45, 2.75) is 4.90 Å². The van der Waals surface area contributed by atoms with Crippen molar-refractivity contribution in [3.05, 3.63) is 30.5 Å². The molecule has 102 valence electrons. The third kappa shape index (κ3) is 2.79. The van der Waals surface area contributed by atoms with Crippen LogP contribution in [0.1, 0.15) is 0 Å². The van der Waals surface area contributed by atoms with Gasteiger partial charge < -0.3 is 10.6 Å². The van der Waals surface area contributed by atoms with E-state index in [1.54, 1.807) is 12.1 Å². The predicted molar refractivity (Wildman–Crippen MR) is 74.6 cm³/mol. The molecule has 0 aliphatic rings. The maximum Gasteiger partial charge on any atom is 0.267 e. The highest BCUT2D eigenvalue weighted by Crippen LogP contribution is 2.21. The van der Waals surface area contributed by atoms with E-state index in [0.717, 1.165) is 5.69 Å². The number of aromatic nitrogens is 2. The molecule has 1 aromatic carbocycles. The summed E-state index contributed by atoms with van der Waals surface area (Å²) in [6, 6.07) is 7.00. The fourth-order valence-corrected chi connectivity index (χ4v) is 2.62. The molecule has 1 aromatic heterocycles. The van der Waals surface area contributed by atoms with E-state index in [-0.39, 0.29) is 10.7 Å². The Morgan fingerprint density at radius 3 is 2.37 bits per heavy atom. The van der Waals surface area contributed by atoms with Gasteiger partial charge in [-0.15, -0.1) is 0 Å². The minimum atomic E-state index is -3.72. The van der Waals surface area contributed by atoms with E-state index in [2.05, 4.69) is 14.9 Å². The second kappa shape index (κ2) is 4.81. The molecule has 0 saturated carbocycles. The van der Waals surface area contributed by atoms with Crippen LogP contribution in [0.2, 0.25) is 0 Å². The second-order valence-corrected chi connectivity index (χ2v) is 5.85. The lowest BCUT2D eigenvalue weighted by Crippen LogP contribution is -2.14. The molecular weight excluding hydrogens is 266 g/mol. The largest absolute Gasteiger partial charge is 0.383 e. The average Bonchev–Trinajstić information content (AvgIpc) is 2.76. The first-order valence-corrected chi connectivity index (χ1v) is 6.97. The van der Waals surface area contributed by atoms with Crippen LogP contribution >= 0.6 is 0 Å². The Morgan fingerprint density at radius 2 is 1.89 bits per heavy atom. The first-order chi connectivity index (χ1) is 8.90. The van der Waals surface area contributed by atoms with E-state index in [9.17, 15) is 8.42 Å². The molecule has 0 spiro atoms. The van der Waals surface area contributed by atoms with Gasteiger partial charge >= 0.3 is 0 Å². The third-order valence-electron chi connectivity index (χ3n) is 2.56. The summed E-state index contributed by atoms with van der Waals surface area (Å²) < 4.78 is 26.5. The Bertz CT molecular complexity index is 661. The molecule has 0 fully saturated rings. The van der Waals surface area contributed by atoms with Gasteiger partial charge in [-0.3, -0.25) is 9.82 Å². The number of hydrogen-bond acceptors (Lipinski definition) is 5. The van der Waals surface area contributed by atoms with Crippen molar-refractivity contribution in [3.63, 3.8) is 0 Å². The highest BCUT2D eigenvalue weighted by atomic mass is 32.2. The van der Waals surface area contributed by atoms with Gasteiger partial charge in [-0.05, 0) is 24.3 Å². The van der Waals surface area contributed by atoms with E-state index in [0.29, 0.717) is 5.69 Å². The van der Waals surface area contributed by atoms with Crippen LogP contribution in [0.25, 0.3) is 0 Å². The number of nitrogens with zero attached hydrogens (tertiary/aromatic N) is 2. The third-order valence-corrected chi connectivity index (χ3v) is 3.97. The Labute approximate surface area is 111 Å². The molecule has 0 saturated heterocycles. The number of nitrogens with one attached hydrogen (secondary N) is 2. The molecular formula is C11H15N5O2S. The van der Waals surface area contributed by atoms with Crippen LogP contribution in [-0.4, -0.2) is 32.7 Å². The van der Waals surface area contributed by atoms with Crippen LogP contribution in [0.5, 0.6) is 0 Å². The van der Waals surface area contributed by atoms with E-state index < -0.39 is 10.0 Å². The molecule has 0 radical (unpaired) electrons. The monoisotopic (exact) mass is 281 g/mol. The zero-order chi connectivity index (χ0) is 14.0. The lowest BCUT2D eigenvalue weighted by atomic mass is 10.3. The number of nitrogens with two attached hydrogens (primary N) is 1. The summed E-state index contributed by atoms with van der Waals surface area (Å²) in [5.41, 5.74) is 6.94. The molecule has 1 heterocycles. The van der Waals surface area contributed by atoms with Crippen LogP contribution in [0.3, 0.4) is 0 Å². The van der Waals surface area contributed by atoms with Gasteiger partial charge in [-0.1, -0.05) is 0 Å². The van der Waals surface area contributed by atoms with Gasteiger partial charge in [0.25, 0.3) is 10.0 Å². The summed E-state index contributed by atoms with van der Waals surface area (Å²) >= 11 is 0. The number of anilines is 3. The highest BCUT2D eigenvalue weighted by Gasteiger charge is 2.19. The second-order valence-electron chi connectivity index (χ2n) is 4.19. The van der Waals surface area contributed by atoms with Crippen molar-refractivity contribution in [3.8, 4) is 0 Å². The quantitative estimate of drug-likeness (QED) is 0.771. The van der Waals surface area contributed by atoms with Gasteiger partial charge in [0.15, 0.2) is 0 Å². The number of aromatic amines is 1. The minimum Gasteiger partial charge on any atom is -0.383 e. The van der Waals surface area contributed by atoms with Crippen molar-refractivity contribution in [2.75, 3.05) is 29.5 Å². The Hall–Kier alpha value is -2.22. The Morgan fingerprint density at radius 1 is 1.26 bits per heavy atom. The van der Waals surface area contributed by atoms with Crippen molar-refractivity contribution in [1.29, 1.82) is 0 Å². The fraction of sp³-hybridized carbons (Fsp3) is 0.182. The zero-order valence-corrected chi connectivity index (χ0v) is 11.4. The smallest absolute Gasteiger partial charge is 0.267 e. The Kier molecular flexibility index (Phi) is 3.34. The summed E-state index contributed by atoms with van der Waals surface area (Å²) in [6.45, 7) is 0. The summed E-state index contributed by atoms with van der Waals surface area (Å²) in [5.74, 6) is 0.0115. The van der Waals surface area contributed by atoms with Gasteiger partial charge in [0.1, 0.15) is 10.7 Å². The van der Waals surface area contributed by atoms with Gasteiger partial charge in [-0.25, -0.2) is 8.42 Å². The molecule has 0 amide bonds. The van der Waals surface area contributed by atoms with Gasteiger partial charge in [0, 0.05) is 25.5 Å². The molecule has 8 heteroatoms. The van der Waals surface area contributed by atoms with E-state index >= 15 is 0 Å². The number of hydrogen-bond donors (Lipinski definition) is 3. The summed E-state index contributed by atoms with van der Waals surface area (Å²) in [4.78, 5) is 1.86. The van der Waals surface area contributed by atoms with Crippen molar-refractivity contribution in [1.82, 2.24) is 10.2 Å². The topological polar surface area (TPSA) is 104 Å². The zero-order valence-electron chi connectivity index (χ0n) is 10.6. The maximum atomic E-state index is 12.0. The molecule has 0 unspecified atom stereocenters. The van der Waals surface area contributed by atoms with Crippen molar-refractivity contribution >= 4 is 27.2 Å². The summed E-state index contributed by atoms with van der Waals surface area (Å²) in [6.07, 6.45) is 1.17. The summed E-state index contributed by atoms with van der Waals surface area (Å²) in [7, 11) is 0.100. The average molecular weight is 281 g/mol. The van der Waals surface area contributed by atoms with Gasteiger partial charge in [0.05, 0.1) is 6.20 Å². The van der Waals surface area contributed by atoms with E-state index in [4.69, 9.17) is 5.73 Å². The van der Waals surface area contributed by atoms with E-state index in [1.807, 2.05) is 31.1 Å². The van der Waals surface area contributed by atoms with E-state index in [1.165, 1.54) is 6.20 Å². The van der Waals surface area contributed by atoms with Gasteiger partial charge in [-0.2, -0.15) is 5.10 Å². The molecule has 7 nitrogen and oxygen atoms in total. The van der Waals surface area contributed by atoms with Crippen LogP contribution in [-0.2, 0) is 10.0 Å². The molecule has 4 N–H and O–H groups in total. The first-order valence-electron chi connectivity index (χ1n) is 5.49. The van der Waals surface area contributed by atoms with Crippen LogP contribution in [0.4, 0.5) is 17.2 Å². The molecule has 0 bridgehead atoms. The number of benzene rings is 1.